The number of imidazole rings is 1. The van der Waals surface area contributed by atoms with Crippen molar-refractivity contribution >= 4 is 35.6 Å². The molecule has 0 fully saturated rings. The van der Waals surface area contributed by atoms with Gasteiger partial charge in [0, 0.05) is 31.2 Å². The molecule has 15 heteroatoms. The van der Waals surface area contributed by atoms with Gasteiger partial charge in [-0.2, -0.15) is 0 Å². The number of benzene rings is 1. The highest BCUT2D eigenvalue weighted by Crippen LogP contribution is 2.07. The number of carboxylic acids is 3. The minimum atomic E-state index is -1.47. The molecule has 0 aliphatic carbocycles. The Morgan fingerprint density at radius 1 is 0.821 bits per heavy atom. The molecule has 4 unspecified atom stereocenters. The molecule has 0 aliphatic heterocycles. The van der Waals surface area contributed by atoms with Crippen LogP contribution in [0.2, 0.25) is 0 Å². The lowest BCUT2D eigenvalue weighted by molar-refractivity contribution is -0.143. The van der Waals surface area contributed by atoms with Crippen molar-refractivity contribution < 1.29 is 44.1 Å². The first-order chi connectivity index (χ1) is 18.5. The molecule has 1 heterocycles. The first kappa shape index (κ1) is 30.4. The van der Waals surface area contributed by atoms with Crippen molar-refractivity contribution in [3.8, 4) is 0 Å². The normalized spacial score (nSPS) is 13.8. The van der Waals surface area contributed by atoms with Crippen LogP contribution in [0.4, 0.5) is 0 Å². The smallest absolute Gasteiger partial charge is 0.326 e. The number of carbonyl (C=O) groups is 6. The van der Waals surface area contributed by atoms with Gasteiger partial charge in [0.1, 0.15) is 18.1 Å². The predicted molar refractivity (Wildman–Crippen MR) is 133 cm³/mol. The van der Waals surface area contributed by atoms with Crippen molar-refractivity contribution in [2.75, 3.05) is 0 Å². The van der Waals surface area contributed by atoms with E-state index >= 15 is 0 Å². The summed E-state index contributed by atoms with van der Waals surface area (Å²) in [7, 11) is 0. The Bertz CT molecular complexity index is 1160. The molecule has 2 aromatic rings. The van der Waals surface area contributed by atoms with Gasteiger partial charge < -0.3 is 42.0 Å². The van der Waals surface area contributed by atoms with Gasteiger partial charge in [-0.15, -0.1) is 0 Å². The van der Waals surface area contributed by atoms with E-state index in [4.69, 9.17) is 15.9 Å². The number of nitrogens with one attached hydrogen (secondary N) is 4. The van der Waals surface area contributed by atoms with Gasteiger partial charge in [0.15, 0.2) is 0 Å². The first-order valence-electron chi connectivity index (χ1n) is 11.8. The van der Waals surface area contributed by atoms with Crippen molar-refractivity contribution in [2.45, 2.75) is 56.3 Å². The molecule has 2 rings (SSSR count). The number of nitrogens with zero attached hydrogens (tertiary/aromatic N) is 1. The molecule has 9 N–H and O–H groups in total. The summed E-state index contributed by atoms with van der Waals surface area (Å²) in [6, 6.07) is 2.79. The van der Waals surface area contributed by atoms with Crippen LogP contribution in [0.5, 0.6) is 0 Å². The molecule has 0 saturated carbocycles. The highest BCUT2D eigenvalue weighted by Gasteiger charge is 2.31. The number of aromatic amines is 1. The van der Waals surface area contributed by atoms with Gasteiger partial charge in [0.05, 0.1) is 18.8 Å². The molecule has 210 valence electrons. The van der Waals surface area contributed by atoms with Gasteiger partial charge in [0.25, 0.3) is 0 Å². The number of H-pyrrole nitrogens is 1. The summed E-state index contributed by atoms with van der Waals surface area (Å²) in [5.41, 5.74) is 6.61. The first-order valence-corrected chi connectivity index (χ1v) is 11.8. The zero-order valence-electron chi connectivity index (χ0n) is 20.7. The van der Waals surface area contributed by atoms with Crippen molar-refractivity contribution in [2.24, 2.45) is 5.73 Å². The molecule has 0 aliphatic rings. The molecule has 3 amide bonds. The van der Waals surface area contributed by atoms with Crippen LogP contribution >= 0.6 is 0 Å². The second kappa shape index (κ2) is 14.8. The Kier molecular flexibility index (Phi) is 11.6. The van der Waals surface area contributed by atoms with Gasteiger partial charge in [-0.3, -0.25) is 24.0 Å². The molecule has 0 spiro atoms. The van der Waals surface area contributed by atoms with Crippen LogP contribution in [0, 0.1) is 0 Å². The molecule has 1 aromatic carbocycles. The predicted octanol–water partition coefficient (Wildman–Crippen LogP) is -1.60. The third kappa shape index (κ3) is 10.6. The van der Waals surface area contributed by atoms with Crippen molar-refractivity contribution in [1.29, 1.82) is 0 Å². The summed E-state index contributed by atoms with van der Waals surface area (Å²) in [4.78, 5) is 79.0. The van der Waals surface area contributed by atoms with Crippen LogP contribution in [0.15, 0.2) is 42.9 Å². The number of nitrogens with two attached hydrogens (primary N) is 1. The quantitative estimate of drug-likeness (QED) is 0.119. The summed E-state index contributed by atoms with van der Waals surface area (Å²) < 4.78 is 0. The van der Waals surface area contributed by atoms with Crippen molar-refractivity contribution in [1.82, 2.24) is 25.9 Å². The van der Waals surface area contributed by atoms with E-state index in [1.807, 2.05) is 0 Å². The van der Waals surface area contributed by atoms with Gasteiger partial charge in [0.2, 0.25) is 17.7 Å². The van der Waals surface area contributed by atoms with Crippen molar-refractivity contribution in [3.05, 3.63) is 54.1 Å². The maximum Gasteiger partial charge on any atom is 0.326 e. The summed E-state index contributed by atoms with van der Waals surface area (Å²) in [6.45, 7) is 0. The number of aliphatic carboxylic acids is 3. The largest absolute Gasteiger partial charge is 0.481 e. The molecular formula is C24H30N6O9. The van der Waals surface area contributed by atoms with E-state index in [9.17, 15) is 33.9 Å². The fourth-order valence-corrected chi connectivity index (χ4v) is 3.52. The summed E-state index contributed by atoms with van der Waals surface area (Å²) in [6.07, 6.45) is 0.858. The molecule has 1 aromatic heterocycles. The second-order valence-electron chi connectivity index (χ2n) is 8.63. The van der Waals surface area contributed by atoms with E-state index < -0.39 is 72.6 Å². The number of hydrogen-bond acceptors (Lipinski definition) is 8. The highest BCUT2D eigenvalue weighted by molar-refractivity contribution is 5.95. The Labute approximate surface area is 222 Å². The SMILES string of the molecule is NC(CC(=O)O)C(=O)NC(Cc1cnc[nH]1)C(=O)NC(CCC(=O)O)C(=O)NC(Cc1ccccc1)C(=O)O. The lowest BCUT2D eigenvalue weighted by atomic mass is 10.0. The second-order valence-corrected chi connectivity index (χ2v) is 8.63. The fraction of sp³-hybridized carbons (Fsp3) is 0.375. The minimum absolute atomic E-state index is 0.0680. The molecule has 4 atom stereocenters. The lowest BCUT2D eigenvalue weighted by Gasteiger charge is -2.25. The summed E-state index contributed by atoms with van der Waals surface area (Å²) in [5.74, 6) is -6.74. The van der Waals surface area contributed by atoms with Gasteiger partial charge in [-0.1, -0.05) is 30.3 Å². The van der Waals surface area contributed by atoms with Crippen LogP contribution in [-0.4, -0.2) is 85.1 Å². The zero-order valence-corrected chi connectivity index (χ0v) is 20.7. The van der Waals surface area contributed by atoms with Gasteiger partial charge >= 0.3 is 17.9 Å². The average Bonchev–Trinajstić information content (AvgIpc) is 3.38. The summed E-state index contributed by atoms with van der Waals surface area (Å²) >= 11 is 0. The molecule has 0 radical (unpaired) electrons. The lowest BCUT2D eigenvalue weighted by Crippen LogP contribution is -2.58. The number of carboxylic acid groups (broad SMARTS) is 3. The van der Waals surface area contributed by atoms with E-state index in [0.29, 0.717) is 11.3 Å². The van der Waals surface area contributed by atoms with Crippen LogP contribution in [0.1, 0.15) is 30.5 Å². The van der Waals surface area contributed by atoms with E-state index in [-0.39, 0.29) is 19.3 Å². The Morgan fingerprint density at radius 2 is 1.44 bits per heavy atom. The monoisotopic (exact) mass is 546 g/mol. The van der Waals surface area contributed by atoms with Crippen molar-refractivity contribution in [3.63, 3.8) is 0 Å². The summed E-state index contributed by atoms with van der Waals surface area (Å²) in [5, 5.41) is 34.6. The molecule has 0 bridgehead atoms. The topological polar surface area (TPSA) is 254 Å². The van der Waals surface area contributed by atoms with E-state index in [1.165, 1.54) is 12.5 Å². The molecule has 15 nitrogen and oxygen atoms in total. The maximum absolute atomic E-state index is 13.2. The van der Waals surface area contributed by atoms with Gasteiger partial charge in [-0.05, 0) is 12.0 Å². The fourth-order valence-electron chi connectivity index (χ4n) is 3.52. The van der Waals surface area contributed by atoms with Gasteiger partial charge in [-0.25, -0.2) is 9.78 Å². The third-order valence-electron chi connectivity index (χ3n) is 5.52. The minimum Gasteiger partial charge on any atom is -0.481 e. The highest BCUT2D eigenvalue weighted by atomic mass is 16.4. The number of carbonyl (C=O) groups excluding carboxylic acids is 3. The standard InChI is InChI=1S/C24H30N6O9/c25-15(10-20(33)34)21(35)29-17(9-14-11-26-12-27-14)23(37)28-16(6-7-19(31)32)22(36)30-18(24(38)39)8-13-4-2-1-3-5-13/h1-5,11-12,15-18H,6-10,25H2,(H,26,27)(H,28,37)(H,29,35)(H,30,36)(H,31,32)(H,33,34)(H,38,39). The van der Waals surface area contributed by atoms with Crippen LogP contribution < -0.4 is 21.7 Å². The zero-order chi connectivity index (χ0) is 28.9. The molecule has 39 heavy (non-hydrogen) atoms. The number of hydrogen-bond donors (Lipinski definition) is 8. The van der Waals surface area contributed by atoms with E-state index in [0.717, 1.165) is 0 Å². The number of amides is 3. The molecular weight excluding hydrogens is 516 g/mol. The number of rotatable bonds is 16. The third-order valence-corrected chi connectivity index (χ3v) is 5.52. The Balaban J connectivity index is 2.21. The van der Waals surface area contributed by atoms with Crippen LogP contribution in [0.3, 0.4) is 0 Å². The Morgan fingerprint density at radius 3 is 2.00 bits per heavy atom. The van der Waals surface area contributed by atoms with E-state index in [1.54, 1.807) is 30.3 Å². The van der Waals surface area contributed by atoms with Crippen LogP contribution in [-0.2, 0) is 41.6 Å². The maximum atomic E-state index is 13.2. The van der Waals surface area contributed by atoms with E-state index in [2.05, 4.69) is 25.9 Å². The Hall–Kier alpha value is -4.79. The number of aromatic nitrogens is 2. The molecule has 0 saturated heterocycles. The van der Waals surface area contributed by atoms with Crippen LogP contribution in [0.25, 0.3) is 0 Å². The average molecular weight is 547 g/mol.